The van der Waals surface area contributed by atoms with Crippen LogP contribution >= 0.6 is 11.3 Å². The Bertz CT molecular complexity index is 497. The molecular formula is C12H17N5S. The van der Waals surface area contributed by atoms with E-state index in [0.29, 0.717) is 11.9 Å². The van der Waals surface area contributed by atoms with Gasteiger partial charge in [0.2, 0.25) is 5.95 Å². The van der Waals surface area contributed by atoms with Crippen molar-refractivity contribution >= 4 is 28.9 Å². The molecule has 0 saturated carbocycles. The molecule has 18 heavy (non-hydrogen) atoms. The van der Waals surface area contributed by atoms with Crippen molar-refractivity contribution in [2.75, 3.05) is 23.4 Å². The highest BCUT2D eigenvalue weighted by atomic mass is 32.1. The SMILES string of the molecule is CNc1cc(NC(C)Cc2cccs2)nc(N)n1. The van der Waals surface area contributed by atoms with Crippen molar-refractivity contribution < 1.29 is 0 Å². The molecule has 0 amide bonds. The fourth-order valence-corrected chi connectivity index (χ4v) is 2.54. The van der Waals surface area contributed by atoms with E-state index in [0.717, 1.165) is 12.2 Å². The number of thiophene rings is 1. The van der Waals surface area contributed by atoms with Gasteiger partial charge in [-0.05, 0) is 18.4 Å². The van der Waals surface area contributed by atoms with Gasteiger partial charge in [-0.1, -0.05) is 6.07 Å². The van der Waals surface area contributed by atoms with E-state index in [4.69, 9.17) is 5.73 Å². The smallest absolute Gasteiger partial charge is 0.223 e. The summed E-state index contributed by atoms with van der Waals surface area (Å²) in [5, 5.41) is 8.38. The van der Waals surface area contributed by atoms with E-state index in [-0.39, 0.29) is 5.95 Å². The Morgan fingerprint density at radius 2 is 2.17 bits per heavy atom. The van der Waals surface area contributed by atoms with Crippen molar-refractivity contribution in [1.29, 1.82) is 0 Å². The Balaban J connectivity index is 2.02. The van der Waals surface area contributed by atoms with Crippen molar-refractivity contribution in [2.45, 2.75) is 19.4 Å². The normalized spacial score (nSPS) is 12.1. The Kier molecular flexibility index (Phi) is 3.99. The van der Waals surface area contributed by atoms with Gasteiger partial charge in [-0.2, -0.15) is 9.97 Å². The van der Waals surface area contributed by atoms with Gasteiger partial charge in [0.05, 0.1) is 0 Å². The second kappa shape index (κ2) is 5.68. The minimum absolute atomic E-state index is 0.271. The van der Waals surface area contributed by atoms with Crippen LogP contribution in [0.5, 0.6) is 0 Å². The summed E-state index contributed by atoms with van der Waals surface area (Å²) in [6, 6.07) is 6.34. The lowest BCUT2D eigenvalue weighted by Crippen LogP contribution is -2.19. The van der Waals surface area contributed by atoms with Crippen molar-refractivity contribution in [3.63, 3.8) is 0 Å². The van der Waals surface area contributed by atoms with Crippen LogP contribution in [0.4, 0.5) is 17.6 Å². The maximum Gasteiger partial charge on any atom is 0.223 e. The zero-order valence-electron chi connectivity index (χ0n) is 10.5. The maximum absolute atomic E-state index is 5.65. The lowest BCUT2D eigenvalue weighted by atomic mass is 10.2. The monoisotopic (exact) mass is 263 g/mol. The van der Waals surface area contributed by atoms with Gasteiger partial charge >= 0.3 is 0 Å². The third-order valence-corrected chi connectivity index (χ3v) is 3.38. The minimum Gasteiger partial charge on any atom is -0.373 e. The average Bonchev–Trinajstić information content (AvgIpc) is 2.80. The fourth-order valence-electron chi connectivity index (χ4n) is 1.70. The summed E-state index contributed by atoms with van der Waals surface area (Å²) in [6.07, 6.45) is 0.969. The van der Waals surface area contributed by atoms with Gasteiger partial charge in [0.25, 0.3) is 0 Å². The van der Waals surface area contributed by atoms with Crippen LogP contribution < -0.4 is 16.4 Å². The van der Waals surface area contributed by atoms with Crippen molar-refractivity contribution in [3.05, 3.63) is 28.5 Å². The van der Waals surface area contributed by atoms with Crippen LogP contribution in [0, 0.1) is 0 Å². The highest BCUT2D eigenvalue weighted by molar-refractivity contribution is 7.09. The van der Waals surface area contributed by atoms with Gasteiger partial charge in [0.15, 0.2) is 0 Å². The van der Waals surface area contributed by atoms with Crippen molar-refractivity contribution in [3.8, 4) is 0 Å². The Morgan fingerprint density at radius 1 is 1.39 bits per heavy atom. The second-order valence-corrected chi connectivity index (χ2v) is 5.11. The lowest BCUT2D eigenvalue weighted by molar-refractivity contribution is 0.794. The summed E-state index contributed by atoms with van der Waals surface area (Å²) in [7, 11) is 1.81. The molecule has 2 aromatic heterocycles. The highest BCUT2D eigenvalue weighted by Crippen LogP contribution is 2.16. The standard InChI is InChI=1S/C12H17N5S/c1-8(6-9-4-3-5-18-9)15-11-7-10(14-2)16-12(13)17-11/h3-5,7-8H,6H2,1-2H3,(H4,13,14,15,16,17). The molecule has 2 aromatic rings. The van der Waals surface area contributed by atoms with Gasteiger partial charge in [-0.25, -0.2) is 0 Å². The number of nitrogen functional groups attached to an aromatic ring is 1. The minimum atomic E-state index is 0.271. The number of hydrogen-bond acceptors (Lipinski definition) is 6. The predicted molar refractivity (Wildman–Crippen MR) is 77.1 cm³/mol. The molecule has 0 aromatic carbocycles. The fraction of sp³-hybridized carbons (Fsp3) is 0.333. The maximum atomic E-state index is 5.65. The molecule has 0 aliphatic heterocycles. The molecule has 0 aliphatic carbocycles. The van der Waals surface area contributed by atoms with E-state index < -0.39 is 0 Å². The van der Waals surface area contributed by atoms with Gasteiger partial charge in [-0.15, -0.1) is 11.3 Å². The van der Waals surface area contributed by atoms with E-state index in [2.05, 4.69) is 45.0 Å². The number of hydrogen-bond donors (Lipinski definition) is 3. The molecule has 96 valence electrons. The van der Waals surface area contributed by atoms with Crippen LogP contribution in [0.3, 0.4) is 0 Å². The van der Waals surface area contributed by atoms with E-state index in [1.165, 1.54) is 4.88 Å². The number of nitrogens with zero attached hydrogens (tertiary/aromatic N) is 2. The first-order chi connectivity index (χ1) is 8.67. The predicted octanol–water partition coefficient (Wildman–Crippen LogP) is 2.21. The zero-order valence-corrected chi connectivity index (χ0v) is 11.3. The van der Waals surface area contributed by atoms with Crippen LogP contribution in [-0.4, -0.2) is 23.1 Å². The molecule has 0 radical (unpaired) electrons. The van der Waals surface area contributed by atoms with Crippen LogP contribution in [0.15, 0.2) is 23.6 Å². The number of nitrogens with one attached hydrogen (secondary N) is 2. The van der Waals surface area contributed by atoms with Crippen LogP contribution in [-0.2, 0) is 6.42 Å². The van der Waals surface area contributed by atoms with Crippen LogP contribution in [0.1, 0.15) is 11.8 Å². The number of anilines is 3. The molecule has 2 heterocycles. The average molecular weight is 263 g/mol. The summed E-state index contributed by atoms with van der Waals surface area (Å²) in [4.78, 5) is 9.58. The largest absolute Gasteiger partial charge is 0.373 e. The van der Waals surface area contributed by atoms with E-state index in [1.807, 2.05) is 6.07 Å². The van der Waals surface area contributed by atoms with Gasteiger partial charge in [-0.3, -0.25) is 0 Å². The van der Waals surface area contributed by atoms with Crippen LogP contribution in [0.2, 0.25) is 0 Å². The van der Waals surface area contributed by atoms with Gasteiger partial charge < -0.3 is 16.4 Å². The molecule has 0 fully saturated rings. The Morgan fingerprint density at radius 3 is 2.83 bits per heavy atom. The molecule has 0 saturated heterocycles. The first kappa shape index (κ1) is 12.6. The summed E-state index contributed by atoms with van der Waals surface area (Å²) in [6.45, 7) is 2.12. The van der Waals surface area contributed by atoms with E-state index >= 15 is 0 Å². The molecule has 0 bridgehead atoms. The van der Waals surface area contributed by atoms with Crippen molar-refractivity contribution in [2.24, 2.45) is 0 Å². The molecule has 1 atom stereocenters. The van der Waals surface area contributed by atoms with E-state index in [9.17, 15) is 0 Å². The second-order valence-electron chi connectivity index (χ2n) is 4.08. The summed E-state index contributed by atoms with van der Waals surface area (Å²) >= 11 is 1.76. The van der Waals surface area contributed by atoms with Crippen molar-refractivity contribution in [1.82, 2.24) is 9.97 Å². The number of nitrogens with two attached hydrogens (primary N) is 1. The Labute approximate surface area is 110 Å². The first-order valence-corrected chi connectivity index (χ1v) is 6.66. The van der Waals surface area contributed by atoms with Crippen LogP contribution in [0.25, 0.3) is 0 Å². The quantitative estimate of drug-likeness (QED) is 0.771. The highest BCUT2D eigenvalue weighted by Gasteiger charge is 2.07. The molecule has 1 unspecified atom stereocenters. The molecule has 0 spiro atoms. The van der Waals surface area contributed by atoms with E-state index in [1.54, 1.807) is 18.4 Å². The topological polar surface area (TPSA) is 75.9 Å². The summed E-state index contributed by atoms with van der Waals surface area (Å²) < 4.78 is 0. The molecule has 4 N–H and O–H groups in total. The molecular weight excluding hydrogens is 246 g/mol. The summed E-state index contributed by atoms with van der Waals surface area (Å²) in [5.41, 5.74) is 5.65. The lowest BCUT2D eigenvalue weighted by Gasteiger charge is -2.14. The Hall–Kier alpha value is -1.82. The summed E-state index contributed by atoms with van der Waals surface area (Å²) in [5.74, 6) is 1.73. The molecule has 2 rings (SSSR count). The third kappa shape index (κ3) is 3.33. The van der Waals surface area contributed by atoms with Gasteiger partial charge in [0.1, 0.15) is 11.6 Å². The molecule has 0 aliphatic rings. The number of aromatic nitrogens is 2. The number of rotatable bonds is 5. The first-order valence-electron chi connectivity index (χ1n) is 5.78. The third-order valence-electron chi connectivity index (χ3n) is 2.48. The molecule has 5 nitrogen and oxygen atoms in total. The zero-order chi connectivity index (χ0) is 13.0. The molecule has 6 heteroatoms. The van der Waals surface area contributed by atoms with Gasteiger partial charge in [0, 0.05) is 30.5 Å².